The van der Waals surface area contributed by atoms with Crippen molar-refractivity contribution in [1.29, 1.82) is 0 Å². The molecule has 4 aromatic carbocycles. The van der Waals surface area contributed by atoms with Gasteiger partial charge in [-0.05, 0) is 47.9 Å². The van der Waals surface area contributed by atoms with Crippen LogP contribution in [0.3, 0.4) is 0 Å². The minimum absolute atomic E-state index is 0.272. The van der Waals surface area contributed by atoms with E-state index in [-0.39, 0.29) is 25.7 Å². The van der Waals surface area contributed by atoms with Crippen LogP contribution in [0.25, 0.3) is 0 Å². The lowest BCUT2D eigenvalue weighted by Crippen LogP contribution is -2.60. The van der Waals surface area contributed by atoms with E-state index in [0.29, 0.717) is 22.3 Å². The van der Waals surface area contributed by atoms with Crippen LogP contribution in [-0.4, -0.2) is 44.3 Å². The average molecular weight is 609 g/mol. The molecule has 0 aromatic heterocycles. The maximum Gasteiger partial charge on any atom is 0.307 e. The first-order valence-electron chi connectivity index (χ1n) is 14.7. The monoisotopic (exact) mass is 608 g/mol. The zero-order valence-electron chi connectivity index (χ0n) is 24.6. The normalized spacial score (nSPS) is 15.1. The van der Waals surface area contributed by atoms with Gasteiger partial charge in [0.25, 0.3) is 0 Å². The zero-order chi connectivity index (χ0) is 32.4. The van der Waals surface area contributed by atoms with Crippen LogP contribution in [-0.2, 0) is 44.9 Å². The molecule has 4 N–H and O–H groups in total. The van der Waals surface area contributed by atoms with Gasteiger partial charge in [-0.2, -0.15) is 0 Å². The van der Waals surface area contributed by atoms with Crippen LogP contribution >= 0.6 is 0 Å². The lowest BCUT2D eigenvalue weighted by atomic mass is 9.49. The third-order valence-electron chi connectivity index (χ3n) is 8.74. The molecule has 0 aliphatic rings. The highest BCUT2D eigenvalue weighted by Crippen LogP contribution is 2.54. The molecule has 0 spiro atoms. The summed E-state index contributed by atoms with van der Waals surface area (Å²) >= 11 is 0. The number of benzene rings is 4. The number of carboxylic acids is 4. The van der Waals surface area contributed by atoms with E-state index in [4.69, 9.17) is 0 Å². The van der Waals surface area contributed by atoms with Gasteiger partial charge in [-0.3, -0.25) is 19.2 Å². The molecule has 0 heterocycles. The Morgan fingerprint density at radius 2 is 0.556 bits per heavy atom. The van der Waals surface area contributed by atoms with Crippen LogP contribution in [0.4, 0.5) is 0 Å². The summed E-state index contributed by atoms with van der Waals surface area (Å²) in [6, 6.07) is 34.0. The molecule has 45 heavy (non-hydrogen) atoms. The number of carbonyl (C=O) groups is 4. The molecule has 0 radical (unpaired) electrons. The molecule has 8 heteroatoms. The second-order valence-electron chi connectivity index (χ2n) is 11.3. The van der Waals surface area contributed by atoms with Gasteiger partial charge < -0.3 is 20.4 Å². The highest BCUT2D eigenvalue weighted by atomic mass is 16.4. The summed E-state index contributed by atoms with van der Waals surface area (Å²) in [4.78, 5) is 54.0. The summed E-state index contributed by atoms with van der Waals surface area (Å²) in [6.07, 6.45) is -1.09. The van der Waals surface area contributed by atoms with Gasteiger partial charge in [0, 0.05) is 5.41 Å². The van der Waals surface area contributed by atoms with Crippen molar-refractivity contribution >= 4 is 23.9 Å². The fraction of sp³-hybridized carbons (Fsp3) is 0.243. The predicted molar refractivity (Wildman–Crippen MR) is 168 cm³/mol. The van der Waals surface area contributed by atoms with Crippen LogP contribution in [0.15, 0.2) is 121 Å². The molecule has 232 valence electrons. The first kappa shape index (κ1) is 32.7. The molecule has 4 unspecified atom stereocenters. The average Bonchev–Trinajstić information content (AvgIpc) is 3.04. The summed E-state index contributed by atoms with van der Waals surface area (Å²) < 4.78 is 0. The van der Waals surface area contributed by atoms with Gasteiger partial charge in [-0.1, -0.05) is 121 Å². The van der Waals surface area contributed by atoms with Crippen molar-refractivity contribution < 1.29 is 39.6 Å². The molecule has 0 bridgehead atoms. The van der Waals surface area contributed by atoms with E-state index in [2.05, 4.69) is 0 Å². The van der Waals surface area contributed by atoms with Crippen molar-refractivity contribution in [3.05, 3.63) is 144 Å². The first-order chi connectivity index (χ1) is 21.6. The van der Waals surface area contributed by atoms with Crippen molar-refractivity contribution in [3.63, 3.8) is 0 Å². The maximum absolute atomic E-state index is 13.5. The summed E-state index contributed by atoms with van der Waals surface area (Å²) in [5, 5.41) is 43.9. The topological polar surface area (TPSA) is 149 Å². The molecule has 0 aliphatic carbocycles. The molecule has 4 rings (SSSR count). The van der Waals surface area contributed by atoms with Gasteiger partial charge in [0.2, 0.25) is 0 Å². The third-order valence-corrected chi connectivity index (χ3v) is 8.74. The van der Waals surface area contributed by atoms with E-state index < -0.39 is 53.0 Å². The number of carboxylic acid groups (broad SMARTS) is 4. The Kier molecular flexibility index (Phi) is 10.9. The van der Waals surface area contributed by atoms with E-state index in [0.717, 1.165) is 0 Å². The third kappa shape index (κ3) is 7.65. The molecule has 0 saturated carbocycles. The Morgan fingerprint density at radius 3 is 0.711 bits per heavy atom. The molecule has 0 fully saturated rings. The van der Waals surface area contributed by atoms with E-state index in [1.54, 1.807) is 121 Å². The Labute approximate surface area is 261 Å². The second kappa shape index (κ2) is 15.0. The highest BCUT2D eigenvalue weighted by Gasteiger charge is 2.64. The summed E-state index contributed by atoms with van der Waals surface area (Å²) in [5.41, 5.74) is -0.250. The van der Waals surface area contributed by atoms with Crippen LogP contribution in [0.1, 0.15) is 22.3 Å². The van der Waals surface area contributed by atoms with Crippen molar-refractivity contribution in [2.45, 2.75) is 25.7 Å². The lowest BCUT2D eigenvalue weighted by Gasteiger charge is -2.50. The largest absolute Gasteiger partial charge is 0.481 e. The Hall–Kier alpha value is -5.24. The van der Waals surface area contributed by atoms with Gasteiger partial charge in [0.15, 0.2) is 0 Å². The Morgan fingerprint density at radius 1 is 0.378 bits per heavy atom. The van der Waals surface area contributed by atoms with E-state index in [9.17, 15) is 39.6 Å². The minimum atomic E-state index is -2.33. The maximum atomic E-state index is 13.5. The lowest BCUT2D eigenvalue weighted by molar-refractivity contribution is -0.181. The van der Waals surface area contributed by atoms with Crippen molar-refractivity contribution in [3.8, 4) is 0 Å². The quantitative estimate of drug-likeness (QED) is 0.126. The van der Waals surface area contributed by atoms with Crippen molar-refractivity contribution in [1.82, 2.24) is 0 Å². The van der Waals surface area contributed by atoms with Gasteiger partial charge in [0.05, 0.1) is 23.7 Å². The summed E-state index contributed by atoms with van der Waals surface area (Å²) in [7, 11) is 0. The number of hydrogen-bond donors (Lipinski definition) is 4. The fourth-order valence-corrected chi connectivity index (χ4v) is 6.77. The SMILES string of the molecule is O=C(O)C(Cc1ccccc1)C(C(Cc1ccccc1)C(=O)O)(C(Cc1ccccc1)C(=O)O)C(Cc1ccccc1)C(=O)O. The Balaban J connectivity index is 2.11. The van der Waals surface area contributed by atoms with Crippen molar-refractivity contribution in [2.24, 2.45) is 29.1 Å². The van der Waals surface area contributed by atoms with E-state index in [1.807, 2.05) is 0 Å². The molecular weight excluding hydrogens is 572 g/mol. The fourth-order valence-electron chi connectivity index (χ4n) is 6.77. The standard InChI is InChI=1S/C37H36O8/c38-33(39)29(21-25-13-5-1-6-14-25)37(30(34(40)41)22-26-15-7-2-8-16-26,31(35(42)43)23-27-17-9-3-10-18-27)32(36(44)45)24-28-19-11-4-12-20-28/h1-20,29-32H,21-24H2,(H,38,39)(H,40,41)(H,42,43)(H,44,45). The van der Waals surface area contributed by atoms with Crippen molar-refractivity contribution in [2.75, 3.05) is 0 Å². The molecule has 0 aliphatic heterocycles. The molecule has 4 atom stereocenters. The van der Waals surface area contributed by atoms with Gasteiger partial charge in [-0.15, -0.1) is 0 Å². The summed E-state index contributed by atoms with van der Waals surface area (Å²) in [6.45, 7) is 0. The van der Waals surface area contributed by atoms with Crippen LogP contribution in [0.2, 0.25) is 0 Å². The molecule has 0 amide bonds. The minimum Gasteiger partial charge on any atom is -0.481 e. The van der Waals surface area contributed by atoms with E-state index >= 15 is 0 Å². The van der Waals surface area contributed by atoms with Gasteiger partial charge in [0.1, 0.15) is 0 Å². The molecule has 4 aromatic rings. The van der Waals surface area contributed by atoms with Crippen LogP contribution < -0.4 is 0 Å². The second-order valence-corrected chi connectivity index (χ2v) is 11.3. The van der Waals surface area contributed by atoms with Crippen LogP contribution in [0.5, 0.6) is 0 Å². The molecular formula is C37H36O8. The van der Waals surface area contributed by atoms with Crippen LogP contribution in [0, 0.1) is 29.1 Å². The number of aliphatic carboxylic acids is 4. The van der Waals surface area contributed by atoms with E-state index in [1.165, 1.54) is 0 Å². The molecule has 8 nitrogen and oxygen atoms in total. The highest BCUT2D eigenvalue weighted by molar-refractivity contribution is 5.84. The first-order valence-corrected chi connectivity index (χ1v) is 14.7. The Bertz CT molecular complexity index is 1330. The van der Waals surface area contributed by atoms with Gasteiger partial charge in [-0.25, -0.2) is 0 Å². The number of hydrogen-bond acceptors (Lipinski definition) is 4. The summed E-state index contributed by atoms with van der Waals surface area (Å²) in [5.74, 6) is -12.7. The molecule has 0 saturated heterocycles. The number of rotatable bonds is 16. The smallest absolute Gasteiger partial charge is 0.307 e. The zero-order valence-corrected chi connectivity index (χ0v) is 24.6. The van der Waals surface area contributed by atoms with Gasteiger partial charge >= 0.3 is 23.9 Å². The predicted octanol–water partition coefficient (Wildman–Crippen LogP) is 5.75.